The molecule has 11 N–H and O–H groups in total. The third-order valence-electron chi connectivity index (χ3n) is 20.8. The van der Waals surface area contributed by atoms with E-state index in [0.29, 0.717) is 44.4 Å². The number of methoxy groups -OCH3 is 1. The van der Waals surface area contributed by atoms with Gasteiger partial charge in [0, 0.05) is 7.11 Å². The number of fused-ring (bicyclic) bond motifs is 4. The summed E-state index contributed by atoms with van der Waals surface area (Å²) in [6.45, 7) is 13.4. The normalized spacial score (nSPS) is 51.0. The summed E-state index contributed by atoms with van der Waals surface area (Å²) in [5, 5.41) is 124. The number of carbonyl (C=O) groups is 1. The largest absolute Gasteiger partial charge is 1.00 e. The molecule has 4 aliphatic carbocycles. The zero-order valence-corrected chi connectivity index (χ0v) is 51.2. The number of allylic oxidation sites excluding steroid dienone is 1. The van der Waals surface area contributed by atoms with Crippen LogP contribution in [0.4, 0.5) is 0 Å². The first kappa shape index (κ1) is 67.2. The van der Waals surface area contributed by atoms with E-state index in [-0.39, 0.29) is 47.8 Å². The molecule has 82 heavy (non-hydrogen) atoms. The number of esters is 1. The van der Waals surface area contributed by atoms with Gasteiger partial charge in [-0.3, -0.25) is 8.98 Å². The van der Waals surface area contributed by atoms with Crippen molar-refractivity contribution in [1.29, 1.82) is 0 Å². The summed E-state index contributed by atoms with van der Waals surface area (Å²) in [6, 6.07) is 0. The molecule has 0 radical (unpaired) electrons. The molecule has 0 amide bonds. The minimum atomic E-state index is -5.44. The van der Waals surface area contributed by atoms with Crippen LogP contribution in [0.3, 0.4) is 0 Å². The molecule has 26 nitrogen and oxygen atoms in total. The van der Waals surface area contributed by atoms with Gasteiger partial charge in [0.25, 0.3) is 0 Å². The molecule has 28 atom stereocenters. The Hall–Kier alpha value is -0.720. The molecule has 0 bridgehead atoms. The first-order valence-electron chi connectivity index (χ1n) is 28.5. The van der Waals surface area contributed by atoms with E-state index >= 15 is 0 Å². The van der Waals surface area contributed by atoms with Crippen LogP contribution in [0.2, 0.25) is 0 Å². The number of aliphatic hydroxyl groups is 11. The number of hydrogen-bond donors (Lipinski definition) is 11. The van der Waals surface area contributed by atoms with Gasteiger partial charge in [-0.25, -0.2) is 8.42 Å². The van der Waals surface area contributed by atoms with E-state index in [0.717, 1.165) is 18.4 Å². The number of ether oxygens (including phenoxy) is 10. The fraction of sp³-hybridized carbons (Fsp3) is 0.944. The molecular weight excluding hydrogens is 1120 g/mol. The molecule has 28 heteroatoms. The third kappa shape index (κ3) is 11.0. The van der Waals surface area contributed by atoms with Crippen LogP contribution in [0, 0.1) is 39.4 Å². The second-order valence-corrected chi connectivity index (χ2v) is 27.0. The van der Waals surface area contributed by atoms with Crippen molar-refractivity contribution in [2.45, 2.75) is 253 Å². The summed E-state index contributed by atoms with van der Waals surface area (Å²) in [5.41, 5.74) is -5.47. The summed E-state index contributed by atoms with van der Waals surface area (Å²) in [4.78, 5) is 14.5. The van der Waals surface area contributed by atoms with Crippen LogP contribution in [-0.4, -0.2) is 242 Å². The van der Waals surface area contributed by atoms with Crippen molar-refractivity contribution >= 4 is 16.4 Å². The Balaban J connectivity index is 0.00000880. The Morgan fingerprint density at radius 2 is 1.30 bits per heavy atom. The number of rotatable bonds is 17. The maximum Gasteiger partial charge on any atom is 1.00 e. The van der Waals surface area contributed by atoms with Gasteiger partial charge < -0.3 is 108 Å². The van der Waals surface area contributed by atoms with Crippen LogP contribution >= 0.6 is 0 Å². The summed E-state index contributed by atoms with van der Waals surface area (Å²) in [5.74, 6) is -0.449. The van der Waals surface area contributed by atoms with Crippen LogP contribution in [0.1, 0.15) is 113 Å². The summed E-state index contributed by atoms with van der Waals surface area (Å²) >= 11 is 0. The topological polar surface area (TPSA) is 398 Å². The van der Waals surface area contributed by atoms with Crippen LogP contribution in [0.25, 0.3) is 0 Å². The van der Waals surface area contributed by atoms with E-state index in [9.17, 15) is 73.9 Å². The second kappa shape index (κ2) is 24.6. The minimum absolute atomic E-state index is 0. The second-order valence-electron chi connectivity index (χ2n) is 26.0. The van der Waals surface area contributed by atoms with E-state index in [1.54, 1.807) is 0 Å². The summed E-state index contributed by atoms with van der Waals surface area (Å²) in [6.07, 6.45) is -27.6. The molecule has 5 aliphatic heterocycles. The van der Waals surface area contributed by atoms with Gasteiger partial charge >= 0.3 is 35.5 Å². The average Bonchev–Trinajstić information content (AvgIpc) is 1.59. The van der Waals surface area contributed by atoms with Crippen molar-refractivity contribution in [3.05, 3.63) is 11.6 Å². The Morgan fingerprint density at radius 3 is 1.90 bits per heavy atom. The first-order valence-corrected chi connectivity index (χ1v) is 29.8. The van der Waals surface area contributed by atoms with Gasteiger partial charge in [0.05, 0.1) is 38.1 Å². The predicted molar refractivity (Wildman–Crippen MR) is 272 cm³/mol. The van der Waals surface area contributed by atoms with Crippen LogP contribution in [-0.2, 0) is 66.7 Å². The summed E-state index contributed by atoms with van der Waals surface area (Å²) < 4.78 is 99.7. The molecule has 0 aromatic carbocycles. The SMILES string of the molecule is CO[C@@H]1[C@@H](O)[C@H](O[C@@H]2[C@@H](O)[C@H](O[C@H]3[C@H](O)[C@@H](O)[C@H](O[C@H]4[C@H](O[C@H]5CC[C@]6(C)C7=C[C@H](O)C89C(=O)O[C@@](C)(CCCC(C)C)[C@@]8(O)CC[C@@]9(C)C7CCC6C5(C)C)OC[C@@H](OS(=O)(=O)[O-])[C@@H]4O)O[C@@H]3C)O[C@H](CO)[C@H]2O)O[C@H](CO)[C@H]1O.[Na+]. The predicted octanol–water partition coefficient (Wildman–Crippen LogP) is -4.73. The quantitative estimate of drug-likeness (QED) is 0.0163. The zero-order chi connectivity index (χ0) is 59.5. The van der Waals surface area contributed by atoms with Crippen molar-refractivity contribution < 1.29 is 155 Å². The molecule has 9 rings (SSSR count). The number of carbonyl (C=O) groups excluding carboxylic acids is 1. The van der Waals surface area contributed by atoms with Crippen LogP contribution in [0.5, 0.6) is 0 Å². The Bertz CT molecular complexity index is 2390. The fourth-order valence-electron chi connectivity index (χ4n) is 16.4. The molecular formula is C54H87NaO26S. The molecule has 3 saturated carbocycles. The molecule has 8 fully saturated rings. The van der Waals surface area contributed by atoms with E-state index in [2.05, 4.69) is 25.0 Å². The maximum absolute atomic E-state index is 14.5. The molecule has 3 unspecified atom stereocenters. The van der Waals surface area contributed by atoms with Crippen molar-refractivity contribution in [1.82, 2.24) is 0 Å². The number of hydrogen-bond acceptors (Lipinski definition) is 26. The Labute approximate surface area is 500 Å². The Morgan fingerprint density at radius 1 is 0.720 bits per heavy atom. The van der Waals surface area contributed by atoms with Gasteiger partial charge in [-0.15, -0.1) is 0 Å². The van der Waals surface area contributed by atoms with Crippen LogP contribution in [0.15, 0.2) is 11.6 Å². The van der Waals surface area contributed by atoms with Gasteiger partial charge in [0.1, 0.15) is 102 Å². The van der Waals surface area contributed by atoms with Crippen molar-refractivity contribution in [2.75, 3.05) is 26.9 Å². The molecule has 5 saturated heterocycles. The van der Waals surface area contributed by atoms with Crippen molar-refractivity contribution in [3.8, 4) is 0 Å². The van der Waals surface area contributed by atoms with E-state index < -0.39 is 198 Å². The molecule has 0 aromatic rings. The molecule has 0 aromatic heterocycles. The summed E-state index contributed by atoms with van der Waals surface area (Å²) in [7, 11) is -4.26. The van der Waals surface area contributed by atoms with E-state index in [1.165, 1.54) is 14.0 Å². The minimum Gasteiger partial charge on any atom is -0.726 e. The molecule has 9 aliphatic rings. The fourth-order valence-corrected chi connectivity index (χ4v) is 16.9. The molecule has 1 spiro atoms. The molecule has 5 heterocycles. The van der Waals surface area contributed by atoms with Crippen molar-refractivity contribution in [3.63, 3.8) is 0 Å². The number of cyclic esters (lactones) is 1. The van der Waals surface area contributed by atoms with Gasteiger partial charge in [0.15, 0.2) is 25.2 Å². The van der Waals surface area contributed by atoms with Gasteiger partial charge in [-0.2, -0.15) is 0 Å². The monoisotopic (exact) mass is 1210 g/mol. The van der Waals surface area contributed by atoms with Gasteiger partial charge in [0.2, 0.25) is 10.4 Å². The third-order valence-corrected chi connectivity index (χ3v) is 21.3. The van der Waals surface area contributed by atoms with Crippen molar-refractivity contribution in [2.24, 2.45) is 39.4 Å². The van der Waals surface area contributed by atoms with E-state index in [4.69, 9.17) is 47.4 Å². The smallest absolute Gasteiger partial charge is 0.726 e. The first-order chi connectivity index (χ1) is 37.8. The Kier molecular flexibility index (Phi) is 20.1. The van der Waals surface area contributed by atoms with E-state index in [1.807, 2.05) is 33.8 Å². The van der Waals surface area contributed by atoms with Gasteiger partial charge in [-0.1, -0.05) is 59.6 Å². The standard InChI is InChI=1S/C54H88O26S.Na/c1-23(2)11-10-15-52(8)53(66)18-17-51(7)25-12-13-30-49(4,5)32(14-16-50(30,6)26(25)19-31(57)54(51,53)48(65)79-52)75-47-43(35(60)29(22-71-47)80-81(67,68)69)78-44-37(62)36(61)40(24(3)72-44)76-46-39(64)42(34(59)28(21-56)74-46)77-45-38(63)41(70-9)33(58)27(20-55)73-45;/h19,23-25,27-47,55-64,66H,10-18,20-22H2,1-9H3,(H,67,68,69);/q;+1/p-1/t24-,25?,27-,28-,29-,30?,31+,32+,33-,34-,35+,36-,37-,38-,39-,40-,41+,42+,43-,44+,45+,46+,47+,50-,51+,52+,53+,54?;/m1./s1. The number of aliphatic hydroxyl groups excluding tert-OH is 10. The van der Waals surface area contributed by atoms with Gasteiger partial charge in [-0.05, 0) is 99.2 Å². The molecule has 466 valence electrons. The zero-order valence-electron chi connectivity index (χ0n) is 48.4. The average molecular weight is 1210 g/mol. The maximum atomic E-state index is 14.5. The van der Waals surface area contributed by atoms with Crippen LogP contribution < -0.4 is 29.6 Å².